The largest absolute Gasteiger partial charge is 0.484 e. The van der Waals surface area contributed by atoms with E-state index >= 15 is 0 Å². The summed E-state index contributed by atoms with van der Waals surface area (Å²) >= 11 is 0. The third kappa shape index (κ3) is 4.95. The lowest BCUT2D eigenvalue weighted by Gasteiger charge is -2.20. The number of aliphatic hydroxyl groups is 1. The quantitative estimate of drug-likeness (QED) is 0.789. The lowest BCUT2D eigenvalue weighted by Crippen LogP contribution is -2.35. The Hall–Kier alpha value is -2.74. The van der Waals surface area contributed by atoms with Crippen molar-refractivity contribution in [2.24, 2.45) is 0 Å². The van der Waals surface area contributed by atoms with Gasteiger partial charge in [-0.1, -0.05) is 24.3 Å². The van der Waals surface area contributed by atoms with E-state index in [4.69, 9.17) is 9.84 Å². The van der Waals surface area contributed by atoms with Crippen LogP contribution in [0.2, 0.25) is 0 Å². The molecule has 0 aromatic heterocycles. The Morgan fingerprint density at radius 2 is 1.89 bits per heavy atom. The van der Waals surface area contributed by atoms with Crippen molar-refractivity contribution >= 4 is 11.6 Å². The van der Waals surface area contributed by atoms with Gasteiger partial charge in [0.25, 0.3) is 5.91 Å². The zero-order valence-electron chi connectivity index (χ0n) is 15.1. The number of nitrogens with zero attached hydrogens (tertiary/aromatic N) is 1. The van der Waals surface area contributed by atoms with Gasteiger partial charge in [0.2, 0.25) is 0 Å². The Kier molecular flexibility index (Phi) is 6.08. The van der Waals surface area contributed by atoms with Crippen LogP contribution in [-0.4, -0.2) is 41.7 Å². The number of hydrogen-bond donors (Lipinski definition) is 2. The summed E-state index contributed by atoms with van der Waals surface area (Å²) in [4.78, 5) is 13.9. The first-order chi connectivity index (χ1) is 13.4. The Morgan fingerprint density at radius 3 is 2.57 bits per heavy atom. The first-order valence-corrected chi connectivity index (χ1v) is 8.90. The molecule has 0 radical (unpaired) electrons. The number of hydrogen-bond acceptors (Lipinski definition) is 4. The van der Waals surface area contributed by atoms with Crippen LogP contribution in [0.5, 0.6) is 5.75 Å². The Morgan fingerprint density at radius 1 is 1.18 bits per heavy atom. The van der Waals surface area contributed by atoms with Crippen LogP contribution in [0.25, 0.3) is 0 Å². The van der Waals surface area contributed by atoms with Gasteiger partial charge in [-0.05, 0) is 36.2 Å². The minimum atomic E-state index is -4.43. The number of amides is 1. The van der Waals surface area contributed by atoms with Crippen LogP contribution in [0.15, 0.2) is 48.5 Å². The number of carbonyl (C=O) groups excluding carboxylic acids is 1. The summed E-state index contributed by atoms with van der Waals surface area (Å²) in [6, 6.07) is 11.8. The molecule has 1 amide bonds. The number of alkyl halides is 3. The molecule has 0 unspecified atom stereocenters. The second-order valence-electron chi connectivity index (χ2n) is 6.60. The first-order valence-electron chi connectivity index (χ1n) is 8.90. The predicted octanol–water partition coefficient (Wildman–Crippen LogP) is 3.29. The van der Waals surface area contributed by atoms with Crippen molar-refractivity contribution in [3.63, 3.8) is 0 Å². The number of nitrogens with one attached hydrogen (secondary N) is 1. The highest BCUT2D eigenvalue weighted by atomic mass is 19.4. The second kappa shape index (κ2) is 8.52. The summed E-state index contributed by atoms with van der Waals surface area (Å²) in [6.07, 6.45) is -3.87. The fraction of sp³-hybridized carbons (Fsp3) is 0.350. The number of halogens is 3. The molecule has 2 N–H and O–H groups in total. The molecule has 28 heavy (non-hydrogen) atoms. The van der Waals surface area contributed by atoms with Gasteiger partial charge in [0.1, 0.15) is 5.75 Å². The summed E-state index contributed by atoms with van der Waals surface area (Å²) in [7, 11) is 0. The van der Waals surface area contributed by atoms with Crippen molar-refractivity contribution in [3.8, 4) is 5.75 Å². The Bertz CT molecular complexity index is 809. The number of aliphatic hydroxyl groups excluding tert-OH is 1. The maximum Gasteiger partial charge on any atom is 0.418 e. The van der Waals surface area contributed by atoms with Gasteiger partial charge in [-0.15, -0.1) is 0 Å². The van der Waals surface area contributed by atoms with E-state index in [0.29, 0.717) is 25.3 Å². The predicted molar refractivity (Wildman–Crippen MR) is 97.9 cm³/mol. The molecule has 1 atom stereocenters. The lowest BCUT2D eigenvalue weighted by atomic mass is 10.1. The molecule has 1 aliphatic heterocycles. The number of ether oxygens (including phenoxy) is 1. The molecule has 1 saturated heterocycles. The summed E-state index contributed by atoms with van der Waals surface area (Å²) in [5, 5.41) is 11.9. The molecule has 1 fully saturated rings. The SMILES string of the molecule is O=C(COc1ccc(CO)cc1)N1CC[C@@H](Nc2ccccc2C(F)(F)F)C1. The molecule has 0 spiro atoms. The van der Waals surface area contributed by atoms with Crippen LogP contribution in [0.3, 0.4) is 0 Å². The standard InChI is InChI=1S/C20H21F3N2O3/c21-20(22,23)17-3-1-2-4-18(17)24-15-9-10-25(11-15)19(27)13-28-16-7-5-14(12-26)6-8-16/h1-8,15,24,26H,9-13H2/t15-/m1/s1. The Labute approximate surface area is 160 Å². The molecule has 0 saturated carbocycles. The fourth-order valence-corrected chi connectivity index (χ4v) is 3.11. The third-order valence-electron chi connectivity index (χ3n) is 4.60. The molecule has 0 bridgehead atoms. The van der Waals surface area contributed by atoms with Gasteiger partial charge < -0.3 is 20.1 Å². The summed E-state index contributed by atoms with van der Waals surface area (Å²) in [5.41, 5.74) is 0.0511. The van der Waals surface area contributed by atoms with E-state index in [-0.39, 0.29) is 30.9 Å². The summed E-state index contributed by atoms with van der Waals surface area (Å²) < 4.78 is 44.8. The maximum absolute atomic E-state index is 13.1. The van der Waals surface area contributed by atoms with E-state index < -0.39 is 11.7 Å². The van der Waals surface area contributed by atoms with Gasteiger partial charge in [0.05, 0.1) is 12.2 Å². The third-order valence-corrected chi connectivity index (χ3v) is 4.60. The molecule has 8 heteroatoms. The highest BCUT2D eigenvalue weighted by Gasteiger charge is 2.34. The van der Waals surface area contributed by atoms with E-state index in [9.17, 15) is 18.0 Å². The molecule has 2 aromatic carbocycles. The van der Waals surface area contributed by atoms with Crippen molar-refractivity contribution in [2.45, 2.75) is 25.2 Å². The van der Waals surface area contributed by atoms with E-state index in [1.807, 2.05) is 0 Å². The first kappa shape index (κ1) is 20.0. The normalized spacial score (nSPS) is 16.9. The van der Waals surface area contributed by atoms with Crippen molar-refractivity contribution in [1.29, 1.82) is 0 Å². The molecular formula is C20H21F3N2O3. The van der Waals surface area contributed by atoms with Gasteiger partial charge >= 0.3 is 6.18 Å². The number of likely N-dealkylation sites (tertiary alicyclic amines) is 1. The number of para-hydroxylation sites is 1. The minimum absolute atomic E-state index is 0.0227. The maximum atomic E-state index is 13.1. The van der Waals surface area contributed by atoms with Gasteiger partial charge in [0, 0.05) is 24.8 Å². The molecule has 1 aliphatic rings. The fourth-order valence-electron chi connectivity index (χ4n) is 3.11. The van der Waals surface area contributed by atoms with Crippen LogP contribution in [-0.2, 0) is 17.6 Å². The zero-order chi connectivity index (χ0) is 20.1. The highest BCUT2D eigenvalue weighted by Crippen LogP contribution is 2.35. The smallest absolute Gasteiger partial charge is 0.418 e. The molecule has 0 aliphatic carbocycles. The number of benzene rings is 2. The van der Waals surface area contributed by atoms with E-state index in [2.05, 4.69) is 5.32 Å². The zero-order valence-corrected chi connectivity index (χ0v) is 15.1. The molecule has 2 aromatic rings. The average Bonchev–Trinajstić information content (AvgIpc) is 3.14. The van der Waals surface area contributed by atoms with E-state index in [1.54, 1.807) is 35.2 Å². The number of rotatable bonds is 6. The lowest BCUT2D eigenvalue weighted by molar-refractivity contribution is -0.137. The molecule has 1 heterocycles. The van der Waals surface area contributed by atoms with Gasteiger partial charge in [0.15, 0.2) is 6.61 Å². The van der Waals surface area contributed by atoms with E-state index in [1.165, 1.54) is 12.1 Å². The average molecular weight is 394 g/mol. The highest BCUT2D eigenvalue weighted by molar-refractivity contribution is 5.78. The van der Waals surface area contributed by atoms with Gasteiger partial charge in [-0.2, -0.15) is 13.2 Å². The van der Waals surface area contributed by atoms with Crippen molar-refractivity contribution in [1.82, 2.24) is 4.90 Å². The van der Waals surface area contributed by atoms with Crippen LogP contribution in [0.1, 0.15) is 17.5 Å². The number of anilines is 1. The minimum Gasteiger partial charge on any atom is -0.484 e. The van der Waals surface area contributed by atoms with Crippen LogP contribution in [0, 0.1) is 0 Å². The molecule has 150 valence electrons. The topological polar surface area (TPSA) is 61.8 Å². The van der Waals surface area contributed by atoms with Crippen molar-refractivity contribution in [3.05, 3.63) is 59.7 Å². The summed E-state index contributed by atoms with van der Waals surface area (Å²) in [6.45, 7) is 0.554. The van der Waals surface area contributed by atoms with Gasteiger partial charge in [-0.3, -0.25) is 4.79 Å². The molecule has 3 rings (SSSR count). The van der Waals surface area contributed by atoms with Crippen LogP contribution < -0.4 is 10.1 Å². The second-order valence-corrected chi connectivity index (χ2v) is 6.60. The van der Waals surface area contributed by atoms with Crippen molar-refractivity contribution in [2.75, 3.05) is 25.0 Å². The van der Waals surface area contributed by atoms with E-state index in [0.717, 1.165) is 11.6 Å². The molecule has 5 nitrogen and oxygen atoms in total. The van der Waals surface area contributed by atoms with Crippen LogP contribution in [0.4, 0.5) is 18.9 Å². The van der Waals surface area contributed by atoms with Gasteiger partial charge in [-0.25, -0.2) is 0 Å². The molecular weight excluding hydrogens is 373 g/mol. The summed E-state index contributed by atoms with van der Waals surface area (Å²) in [5.74, 6) is 0.290. The van der Waals surface area contributed by atoms with Crippen molar-refractivity contribution < 1.29 is 27.8 Å². The number of carbonyl (C=O) groups is 1. The monoisotopic (exact) mass is 394 g/mol. The Balaban J connectivity index is 1.53. The van der Waals surface area contributed by atoms with Crippen LogP contribution >= 0.6 is 0 Å².